The predicted molar refractivity (Wildman–Crippen MR) is 89.0 cm³/mol. The third kappa shape index (κ3) is 3.21. The fraction of sp³-hybridized carbons (Fsp3) is 0.588. The molecule has 2 atom stereocenters. The van der Waals surface area contributed by atoms with Crippen molar-refractivity contribution < 1.29 is 4.79 Å². The van der Waals surface area contributed by atoms with E-state index >= 15 is 0 Å². The van der Waals surface area contributed by atoms with Gasteiger partial charge in [-0.2, -0.15) is 0 Å². The van der Waals surface area contributed by atoms with Crippen LogP contribution >= 0.6 is 0 Å². The molecule has 2 aliphatic rings. The van der Waals surface area contributed by atoms with Crippen LogP contribution in [-0.2, 0) is 17.8 Å². The van der Waals surface area contributed by atoms with Gasteiger partial charge in [-0.3, -0.25) is 9.69 Å². The van der Waals surface area contributed by atoms with E-state index in [9.17, 15) is 4.79 Å². The number of piperidine rings is 2. The zero-order chi connectivity index (χ0) is 16.4. The smallest absolute Gasteiger partial charge is 0.222 e. The second-order valence-corrected chi connectivity index (χ2v) is 6.88. The molecule has 0 radical (unpaired) electrons. The Morgan fingerprint density at radius 1 is 1.12 bits per heavy atom. The van der Waals surface area contributed by atoms with Crippen molar-refractivity contribution in [1.82, 2.24) is 29.7 Å². The first-order chi connectivity index (χ1) is 11.8. The van der Waals surface area contributed by atoms with Crippen molar-refractivity contribution in [2.45, 2.75) is 38.3 Å². The Bertz CT molecular complexity index is 653. The lowest BCUT2D eigenvalue weighted by Crippen LogP contribution is -2.56. The molecule has 2 N–H and O–H groups in total. The van der Waals surface area contributed by atoms with Crippen molar-refractivity contribution >= 4 is 5.91 Å². The van der Waals surface area contributed by atoms with E-state index in [0.717, 1.165) is 56.8 Å². The van der Waals surface area contributed by atoms with Crippen LogP contribution in [0.15, 0.2) is 25.0 Å². The third-order valence-corrected chi connectivity index (χ3v) is 5.35. The van der Waals surface area contributed by atoms with Crippen molar-refractivity contribution in [3.63, 3.8) is 0 Å². The van der Waals surface area contributed by atoms with E-state index in [1.807, 2.05) is 12.4 Å². The fourth-order valence-corrected chi connectivity index (χ4v) is 4.14. The summed E-state index contributed by atoms with van der Waals surface area (Å²) in [6, 6.07) is 0.396. The van der Waals surface area contributed by atoms with Gasteiger partial charge in [-0.25, -0.2) is 9.97 Å². The Morgan fingerprint density at radius 2 is 1.92 bits per heavy atom. The summed E-state index contributed by atoms with van der Waals surface area (Å²) in [4.78, 5) is 31.5. The number of aromatic nitrogens is 4. The summed E-state index contributed by atoms with van der Waals surface area (Å²) in [7, 11) is 0. The van der Waals surface area contributed by atoms with Gasteiger partial charge in [-0.1, -0.05) is 0 Å². The highest BCUT2D eigenvalue weighted by Gasteiger charge is 2.38. The number of nitrogens with zero attached hydrogens (tertiary/aromatic N) is 4. The Hall–Kier alpha value is -2.15. The lowest BCUT2D eigenvalue weighted by atomic mass is 9.83. The Labute approximate surface area is 141 Å². The number of hydrogen-bond acceptors (Lipinski definition) is 4. The van der Waals surface area contributed by atoms with Crippen LogP contribution in [-0.4, -0.2) is 61.3 Å². The summed E-state index contributed by atoms with van der Waals surface area (Å²) in [6.45, 7) is 3.82. The molecule has 2 aromatic rings. The normalized spacial score (nSPS) is 25.0. The molecule has 0 spiro atoms. The number of carbonyl (C=O) groups is 1. The molecule has 0 aliphatic carbocycles. The zero-order valence-electron chi connectivity index (χ0n) is 13.8. The molecule has 0 aromatic carbocycles. The zero-order valence-corrected chi connectivity index (χ0v) is 13.8. The Balaban J connectivity index is 1.37. The van der Waals surface area contributed by atoms with Gasteiger partial charge in [0.15, 0.2) is 0 Å². The van der Waals surface area contributed by atoms with Gasteiger partial charge in [0.2, 0.25) is 5.91 Å². The first-order valence-electron chi connectivity index (χ1n) is 8.76. The Kier molecular flexibility index (Phi) is 4.34. The van der Waals surface area contributed by atoms with Crippen LogP contribution in [0.5, 0.6) is 0 Å². The standard InChI is InChI=1S/C17H24N6O/c24-17-2-1-13-9-22(10-15-8-19-12-21-15)5-4-16(13)23(17)6-3-14-7-18-11-20-14/h7-8,11-13,16H,1-6,9-10H2,(H,18,20)(H,19,21)/t13-,16+/m0/s1. The second kappa shape index (κ2) is 6.76. The molecule has 4 rings (SSSR count). The minimum absolute atomic E-state index is 0.317. The van der Waals surface area contributed by atoms with E-state index < -0.39 is 0 Å². The van der Waals surface area contributed by atoms with Crippen LogP contribution < -0.4 is 0 Å². The largest absolute Gasteiger partial charge is 0.348 e. The molecule has 7 heteroatoms. The van der Waals surface area contributed by atoms with Crippen molar-refractivity contribution in [1.29, 1.82) is 0 Å². The SMILES string of the molecule is O=C1CC[C@H]2CN(Cc3cnc[nH]3)CC[C@H]2N1CCc1cnc[nH]1. The average Bonchev–Trinajstić information content (AvgIpc) is 3.28. The molecule has 2 aromatic heterocycles. The van der Waals surface area contributed by atoms with Gasteiger partial charge in [0, 0.05) is 68.8 Å². The highest BCUT2D eigenvalue weighted by atomic mass is 16.2. The number of nitrogens with one attached hydrogen (secondary N) is 2. The van der Waals surface area contributed by atoms with Crippen LogP contribution in [0.1, 0.15) is 30.7 Å². The van der Waals surface area contributed by atoms with Gasteiger partial charge in [-0.15, -0.1) is 0 Å². The van der Waals surface area contributed by atoms with E-state index in [1.54, 1.807) is 12.7 Å². The molecule has 24 heavy (non-hydrogen) atoms. The number of likely N-dealkylation sites (tertiary alicyclic amines) is 2. The van der Waals surface area contributed by atoms with Crippen molar-refractivity contribution in [2.24, 2.45) is 5.92 Å². The van der Waals surface area contributed by atoms with Gasteiger partial charge in [0.1, 0.15) is 0 Å². The van der Waals surface area contributed by atoms with Gasteiger partial charge >= 0.3 is 0 Å². The summed E-state index contributed by atoms with van der Waals surface area (Å²) in [5, 5.41) is 0. The van der Waals surface area contributed by atoms with E-state index in [1.165, 1.54) is 0 Å². The van der Waals surface area contributed by atoms with E-state index in [0.29, 0.717) is 24.3 Å². The number of fused-ring (bicyclic) bond motifs is 1. The van der Waals surface area contributed by atoms with E-state index in [-0.39, 0.29) is 0 Å². The molecule has 2 saturated heterocycles. The minimum atomic E-state index is 0.317. The first-order valence-corrected chi connectivity index (χ1v) is 8.76. The predicted octanol–water partition coefficient (Wildman–Crippen LogP) is 1.19. The quantitative estimate of drug-likeness (QED) is 0.864. The number of hydrogen-bond donors (Lipinski definition) is 2. The summed E-state index contributed by atoms with van der Waals surface area (Å²) >= 11 is 0. The molecule has 0 bridgehead atoms. The van der Waals surface area contributed by atoms with Gasteiger partial charge < -0.3 is 14.9 Å². The number of rotatable bonds is 5. The topological polar surface area (TPSA) is 80.9 Å². The number of amides is 1. The molecule has 2 fully saturated rings. The maximum Gasteiger partial charge on any atom is 0.222 e. The molecule has 0 unspecified atom stereocenters. The monoisotopic (exact) mass is 328 g/mol. The molecule has 4 heterocycles. The maximum absolute atomic E-state index is 12.4. The lowest BCUT2D eigenvalue weighted by Gasteiger charge is -2.47. The second-order valence-electron chi connectivity index (χ2n) is 6.88. The molecule has 0 saturated carbocycles. The number of carbonyl (C=O) groups excluding carboxylic acids is 1. The molecule has 128 valence electrons. The number of aromatic amines is 2. The highest BCUT2D eigenvalue weighted by molar-refractivity contribution is 5.77. The first kappa shape index (κ1) is 15.4. The Morgan fingerprint density at radius 3 is 2.67 bits per heavy atom. The highest BCUT2D eigenvalue weighted by Crippen LogP contribution is 2.31. The fourth-order valence-electron chi connectivity index (χ4n) is 4.14. The molecule has 1 amide bonds. The molecular weight excluding hydrogens is 304 g/mol. The van der Waals surface area contributed by atoms with Crippen LogP contribution in [0, 0.1) is 5.92 Å². The van der Waals surface area contributed by atoms with Crippen molar-refractivity contribution in [3.8, 4) is 0 Å². The third-order valence-electron chi connectivity index (χ3n) is 5.35. The number of imidazole rings is 2. The van der Waals surface area contributed by atoms with Crippen LogP contribution in [0.3, 0.4) is 0 Å². The van der Waals surface area contributed by atoms with Crippen LogP contribution in [0.25, 0.3) is 0 Å². The van der Waals surface area contributed by atoms with Gasteiger partial charge in [-0.05, 0) is 18.8 Å². The van der Waals surface area contributed by atoms with Gasteiger partial charge in [0.05, 0.1) is 12.7 Å². The van der Waals surface area contributed by atoms with Crippen molar-refractivity contribution in [2.75, 3.05) is 19.6 Å². The molecule has 2 aliphatic heterocycles. The van der Waals surface area contributed by atoms with E-state index in [4.69, 9.17) is 0 Å². The summed E-state index contributed by atoms with van der Waals surface area (Å²) in [5.74, 6) is 0.902. The van der Waals surface area contributed by atoms with Gasteiger partial charge in [0.25, 0.3) is 0 Å². The van der Waals surface area contributed by atoms with Crippen LogP contribution in [0.2, 0.25) is 0 Å². The summed E-state index contributed by atoms with van der Waals surface area (Å²) in [5.41, 5.74) is 2.26. The van der Waals surface area contributed by atoms with Crippen LogP contribution in [0.4, 0.5) is 0 Å². The average molecular weight is 328 g/mol. The summed E-state index contributed by atoms with van der Waals surface area (Å²) < 4.78 is 0. The maximum atomic E-state index is 12.4. The summed E-state index contributed by atoms with van der Waals surface area (Å²) in [6.07, 6.45) is 10.8. The molecular formula is C17H24N6O. The minimum Gasteiger partial charge on any atom is -0.348 e. The van der Waals surface area contributed by atoms with E-state index in [2.05, 4.69) is 29.7 Å². The molecule has 7 nitrogen and oxygen atoms in total. The van der Waals surface area contributed by atoms with Crippen molar-refractivity contribution in [3.05, 3.63) is 36.4 Å². The number of H-pyrrole nitrogens is 2. The lowest BCUT2D eigenvalue weighted by molar-refractivity contribution is -0.141.